The summed E-state index contributed by atoms with van der Waals surface area (Å²) in [6, 6.07) is 9.88. The van der Waals surface area contributed by atoms with Crippen LogP contribution in [-0.2, 0) is 10.2 Å². The largest absolute Gasteiger partial charge is 0.359 e. The molecule has 2 heterocycles. The van der Waals surface area contributed by atoms with Gasteiger partial charge in [-0.1, -0.05) is 51.1 Å². The van der Waals surface area contributed by atoms with Gasteiger partial charge in [0.1, 0.15) is 6.17 Å². The Bertz CT molecular complexity index is 825. The molecule has 3 atom stereocenters. The van der Waals surface area contributed by atoms with E-state index in [4.69, 9.17) is 0 Å². The van der Waals surface area contributed by atoms with E-state index >= 15 is 4.39 Å². The van der Waals surface area contributed by atoms with E-state index in [9.17, 15) is 4.79 Å². The number of hydrogen-bond acceptors (Lipinski definition) is 4. The third kappa shape index (κ3) is 2.08. The maximum Gasteiger partial charge on any atom is 0.164 e. The molecule has 0 aromatic heterocycles. The lowest BCUT2D eigenvalue weighted by atomic mass is 9.58. The number of ketones is 1. The molecule has 0 bridgehead atoms. The third-order valence-electron chi connectivity index (χ3n) is 5.79. The molecule has 0 saturated heterocycles. The van der Waals surface area contributed by atoms with E-state index in [-0.39, 0.29) is 12.2 Å². The number of azo groups is 1. The van der Waals surface area contributed by atoms with Crippen LogP contribution in [0.3, 0.4) is 0 Å². The lowest BCUT2D eigenvalue weighted by molar-refractivity contribution is -0.120. The highest BCUT2D eigenvalue weighted by molar-refractivity contribution is 6.01. The summed E-state index contributed by atoms with van der Waals surface area (Å²) >= 11 is 0. The second kappa shape index (κ2) is 5.35. The number of fused-ring (bicyclic) bond motifs is 1. The average Bonchev–Trinajstić information content (AvgIpc) is 3.07. The van der Waals surface area contributed by atoms with Crippen LogP contribution >= 0.6 is 0 Å². The van der Waals surface area contributed by atoms with Gasteiger partial charge >= 0.3 is 0 Å². The zero-order valence-electron chi connectivity index (χ0n) is 14.7. The molecule has 1 aromatic carbocycles. The molecule has 0 saturated carbocycles. The first-order valence-electron chi connectivity index (χ1n) is 8.76. The number of hydrogen-bond donors (Lipinski definition) is 1. The van der Waals surface area contributed by atoms with Crippen molar-refractivity contribution in [2.75, 3.05) is 0 Å². The van der Waals surface area contributed by atoms with Crippen LogP contribution in [0.15, 0.2) is 63.6 Å². The minimum atomic E-state index is -1.23. The average molecular weight is 339 g/mol. The van der Waals surface area contributed by atoms with Crippen LogP contribution in [0.4, 0.5) is 4.39 Å². The molecule has 1 unspecified atom stereocenters. The first kappa shape index (κ1) is 16.2. The Kier molecular flexibility index (Phi) is 3.46. The van der Waals surface area contributed by atoms with E-state index in [1.54, 1.807) is 20.0 Å². The SMILES string of the molecule is CC[C@@]1(c2ccccc2)C2=CN=NC2NC2=C1C(=O)CC(C)(C)[C@@H]2F. The fraction of sp³-hybridized carbons (Fsp3) is 0.450. The second-order valence-electron chi connectivity index (χ2n) is 7.73. The molecule has 0 fully saturated rings. The maximum absolute atomic E-state index is 15.4. The summed E-state index contributed by atoms with van der Waals surface area (Å²) in [4.78, 5) is 13.2. The smallest absolute Gasteiger partial charge is 0.164 e. The summed E-state index contributed by atoms with van der Waals surface area (Å²) in [6.45, 7) is 5.65. The number of rotatable bonds is 2. The Balaban J connectivity index is 2.03. The summed E-state index contributed by atoms with van der Waals surface area (Å²) in [5, 5.41) is 11.5. The Morgan fingerprint density at radius 2 is 2.00 bits per heavy atom. The highest BCUT2D eigenvalue weighted by Crippen LogP contribution is 2.54. The van der Waals surface area contributed by atoms with Crippen molar-refractivity contribution in [1.29, 1.82) is 0 Å². The first-order chi connectivity index (χ1) is 11.9. The van der Waals surface area contributed by atoms with Crippen molar-refractivity contribution < 1.29 is 9.18 Å². The van der Waals surface area contributed by atoms with E-state index in [0.29, 0.717) is 17.7 Å². The summed E-state index contributed by atoms with van der Waals surface area (Å²) in [6.07, 6.45) is 0.961. The molecule has 0 spiro atoms. The Labute approximate surface area is 146 Å². The van der Waals surface area contributed by atoms with Crippen molar-refractivity contribution in [3.63, 3.8) is 0 Å². The maximum atomic E-state index is 15.4. The van der Waals surface area contributed by atoms with Gasteiger partial charge in [-0.05, 0) is 12.0 Å². The van der Waals surface area contributed by atoms with Crippen molar-refractivity contribution in [2.45, 2.75) is 51.4 Å². The number of carbonyl (C=O) groups excluding carboxylic acids is 1. The van der Waals surface area contributed by atoms with Gasteiger partial charge in [0, 0.05) is 23.0 Å². The monoisotopic (exact) mass is 339 g/mol. The highest BCUT2D eigenvalue weighted by Gasteiger charge is 2.55. The molecule has 4 rings (SSSR count). The summed E-state index contributed by atoms with van der Waals surface area (Å²) < 4.78 is 15.4. The quantitative estimate of drug-likeness (QED) is 0.878. The van der Waals surface area contributed by atoms with Crippen LogP contribution in [0, 0.1) is 5.41 Å². The Hall–Kier alpha value is -2.30. The van der Waals surface area contributed by atoms with Gasteiger partial charge in [-0.25, -0.2) is 4.39 Å². The fourth-order valence-electron chi connectivity index (χ4n) is 4.53. The predicted molar refractivity (Wildman–Crippen MR) is 93.6 cm³/mol. The minimum absolute atomic E-state index is 0.0124. The zero-order chi connectivity index (χ0) is 17.8. The molecule has 130 valence electrons. The molecule has 1 aliphatic carbocycles. The van der Waals surface area contributed by atoms with Gasteiger partial charge in [0.2, 0.25) is 0 Å². The van der Waals surface area contributed by atoms with E-state index in [2.05, 4.69) is 15.5 Å². The minimum Gasteiger partial charge on any atom is -0.359 e. The van der Waals surface area contributed by atoms with Crippen molar-refractivity contribution >= 4 is 5.78 Å². The van der Waals surface area contributed by atoms with Gasteiger partial charge in [0.05, 0.1) is 17.3 Å². The number of allylic oxidation sites excluding steroid dienone is 2. The normalized spacial score (nSPS) is 32.8. The molecule has 2 aliphatic heterocycles. The van der Waals surface area contributed by atoms with Crippen molar-refractivity contribution in [1.82, 2.24) is 5.32 Å². The molecule has 4 nitrogen and oxygen atoms in total. The number of benzene rings is 1. The summed E-state index contributed by atoms with van der Waals surface area (Å²) in [7, 11) is 0. The Morgan fingerprint density at radius 1 is 1.28 bits per heavy atom. The van der Waals surface area contributed by atoms with Crippen molar-refractivity contribution in [2.24, 2.45) is 15.6 Å². The topological polar surface area (TPSA) is 53.8 Å². The zero-order valence-corrected chi connectivity index (χ0v) is 14.7. The van der Waals surface area contributed by atoms with Crippen molar-refractivity contribution in [3.8, 4) is 0 Å². The fourth-order valence-corrected chi connectivity index (χ4v) is 4.53. The molecule has 0 amide bonds. The lowest BCUT2D eigenvalue weighted by Crippen LogP contribution is -2.55. The molecule has 3 aliphatic rings. The van der Waals surface area contributed by atoms with Crippen LogP contribution in [0.1, 0.15) is 39.2 Å². The van der Waals surface area contributed by atoms with E-state index in [1.807, 2.05) is 37.3 Å². The first-order valence-corrected chi connectivity index (χ1v) is 8.76. The van der Waals surface area contributed by atoms with Crippen LogP contribution < -0.4 is 5.32 Å². The number of alkyl halides is 1. The number of halogens is 1. The van der Waals surface area contributed by atoms with Crippen LogP contribution in [0.2, 0.25) is 0 Å². The van der Waals surface area contributed by atoms with Crippen LogP contribution in [-0.4, -0.2) is 18.1 Å². The van der Waals surface area contributed by atoms with E-state index in [1.165, 1.54) is 0 Å². The summed E-state index contributed by atoms with van der Waals surface area (Å²) in [5.41, 5.74) is 1.48. The number of Topliss-reactive ketones (excluding diaryl/α,β-unsaturated/α-hetero) is 1. The number of nitrogens with zero attached hydrogens (tertiary/aromatic N) is 2. The van der Waals surface area contributed by atoms with Gasteiger partial charge in [-0.15, -0.1) is 0 Å². The van der Waals surface area contributed by atoms with Crippen LogP contribution in [0.25, 0.3) is 0 Å². The van der Waals surface area contributed by atoms with Gasteiger partial charge in [0.25, 0.3) is 0 Å². The molecule has 1 aromatic rings. The molecular weight excluding hydrogens is 317 g/mol. The van der Waals surface area contributed by atoms with Crippen molar-refractivity contribution in [3.05, 3.63) is 58.9 Å². The highest BCUT2D eigenvalue weighted by atomic mass is 19.1. The molecular formula is C20H22FN3O. The summed E-state index contributed by atoms with van der Waals surface area (Å²) in [5.74, 6) is 0.0124. The van der Waals surface area contributed by atoms with E-state index < -0.39 is 23.2 Å². The molecule has 0 radical (unpaired) electrons. The van der Waals surface area contributed by atoms with Gasteiger partial charge in [0.15, 0.2) is 11.9 Å². The molecule has 1 N–H and O–H groups in total. The molecule has 25 heavy (non-hydrogen) atoms. The molecule has 5 heteroatoms. The number of nitrogens with one attached hydrogen (secondary N) is 1. The third-order valence-corrected chi connectivity index (χ3v) is 5.79. The lowest BCUT2D eigenvalue weighted by Gasteiger charge is -2.48. The van der Waals surface area contributed by atoms with Gasteiger partial charge < -0.3 is 5.32 Å². The van der Waals surface area contributed by atoms with Gasteiger partial charge in [-0.2, -0.15) is 10.2 Å². The van der Waals surface area contributed by atoms with E-state index in [0.717, 1.165) is 11.1 Å². The van der Waals surface area contributed by atoms with Gasteiger partial charge in [-0.3, -0.25) is 4.79 Å². The number of carbonyl (C=O) groups is 1. The predicted octanol–water partition coefficient (Wildman–Crippen LogP) is 4.20. The standard InChI is InChI=1S/C20H22FN3O/c1-4-20(12-8-6-5-7-9-12)13-11-22-24-18(13)23-16-15(20)14(25)10-19(2,3)17(16)21/h5-9,11,17-18,23H,4,10H2,1-3H3/t17-,18?,20-/m1/s1. The van der Waals surface area contributed by atoms with Crippen LogP contribution in [0.5, 0.6) is 0 Å². The second-order valence-corrected chi connectivity index (χ2v) is 7.73. The Morgan fingerprint density at radius 3 is 2.68 bits per heavy atom.